The van der Waals surface area contributed by atoms with E-state index in [1.54, 1.807) is 19.2 Å². The summed E-state index contributed by atoms with van der Waals surface area (Å²) in [6, 6.07) is 12.2. The van der Waals surface area contributed by atoms with Crippen LogP contribution in [0.25, 0.3) is 21.8 Å². The molecule has 0 bridgehead atoms. The zero-order valence-corrected chi connectivity index (χ0v) is 17.2. The maximum atomic E-state index is 13.2. The van der Waals surface area contributed by atoms with Crippen LogP contribution in [-0.2, 0) is 17.9 Å². The molecule has 0 spiro atoms. The van der Waals surface area contributed by atoms with Crippen LogP contribution >= 0.6 is 0 Å². The average Bonchev–Trinajstić information content (AvgIpc) is 3.06. The monoisotopic (exact) mass is 419 g/mol. The average molecular weight is 419 g/mol. The van der Waals surface area contributed by atoms with Crippen LogP contribution in [0.2, 0.25) is 0 Å². The molecule has 0 aliphatic carbocycles. The van der Waals surface area contributed by atoms with Gasteiger partial charge in [0.1, 0.15) is 12.1 Å². The highest BCUT2D eigenvalue weighted by Gasteiger charge is 2.18. The van der Waals surface area contributed by atoms with Crippen molar-refractivity contribution in [2.45, 2.75) is 33.4 Å². The first-order valence-corrected chi connectivity index (χ1v) is 9.93. The minimum absolute atomic E-state index is 0.0846. The van der Waals surface area contributed by atoms with Gasteiger partial charge in [0.2, 0.25) is 5.91 Å². The van der Waals surface area contributed by atoms with Gasteiger partial charge in [-0.3, -0.25) is 19.7 Å². The Kier molecular flexibility index (Phi) is 5.24. The number of nitro benzene ring substituents is 1. The van der Waals surface area contributed by atoms with Crippen molar-refractivity contribution in [3.05, 3.63) is 74.7 Å². The molecule has 0 saturated heterocycles. The van der Waals surface area contributed by atoms with Crippen molar-refractivity contribution in [2.75, 3.05) is 5.32 Å². The van der Waals surface area contributed by atoms with Gasteiger partial charge in [0.05, 0.1) is 22.4 Å². The molecule has 0 radical (unpaired) electrons. The molecule has 2 aromatic carbocycles. The number of carbonyl (C=O) groups is 1. The lowest BCUT2D eigenvalue weighted by Gasteiger charge is -2.10. The third kappa shape index (κ3) is 3.54. The van der Waals surface area contributed by atoms with Crippen molar-refractivity contribution in [2.24, 2.45) is 0 Å². The highest BCUT2D eigenvalue weighted by atomic mass is 16.6. The second kappa shape index (κ2) is 8.02. The van der Waals surface area contributed by atoms with Gasteiger partial charge in [-0.15, -0.1) is 0 Å². The Balaban J connectivity index is 1.70. The predicted octanol–water partition coefficient (Wildman–Crippen LogP) is 3.62. The van der Waals surface area contributed by atoms with Crippen molar-refractivity contribution in [1.29, 1.82) is 0 Å². The Morgan fingerprint density at radius 1 is 1.16 bits per heavy atom. The Morgan fingerprint density at radius 2 is 1.94 bits per heavy atom. The molecular formula is C22H21N5O4. The maximum absolute atomic E-state index is 13.2. The number of hydrogen-bond donors (Lipinski definition) is 1. The predicted molar refractivity (Wildman–Crippen MR) is 118 cm³/mol. The first-order valence-electron chi connectivity index (χ1n) is 9.93. The number of anilines is 1. The lowest BCUT2D eigenvalue weighted by Crippen LogP contribution is -2.30. The van der Waals surface area contributed by atoms with Gasteiger partial charge in [-0.05, 0) is 25.5 Å². The SMILES string of the molecule is CCCn1c2ccccc2c2cnn(CC(=O)Nc3cccc([N+](=O)[O-])c3C)c(=O)c21. The number of benzene rings is 2. The quantitative estimate of drug-likeness (QED) is 0.379. The lowest BCUT2D eigenvalue weighted by molar-refractivity contribution is -0.385. The molecule has 2 heterocycles. The van der Waals surface area contributed by atoms with Crippen LogP contribution in [0.15, 0.2) is 53.5 Å². The molecule has 0 fully saturated rings. The summed E-state index contributed by atoms with van der Waals surface area (Å²) in [5, 5.41) is 19.7. The molecule has 158 valence electrons. The van der Waals surface area contributed by atoms with E-state index in [2.05, 4.69) is 10.4 Å². The summed E-state index contributed by atoms with van der Waals surface area (Å²) < 4.78 is 3.09. The minimum Gasteiger partial charge on any atom is -0.336 e. The molecule has 0 saturated carbocycles. The Morgan fingerprint density at radius 3 is 2.68 bits per heavy atom. The van der Waals surface area contributed by atoms with E-state index in [-0.39, 0.29) is 17.8 Å². The molecule has 9 heteroatoms. The normalized spacial score (nSPS) is 11.2. The van der Waals surface area contributed by atoms with Crippen molar-refractivity contribution in [1.82, 2.24) is 14.3 Å². The molecule has 0 unspecified atom stereocenters. The summed E-state index contributed by atoms with van der Waals surface area (Å²) in [6.45, 7) is 3.97. The minimum atomic E-state index is -0.502. The molecular weight excluding hydrogens is 398 g/mol. The van der Waals surface area contributed by atoms with Crippen molar-refractivity contribution in [3.63, 3.8) is 0 Å². The number of nitrogens with one attached hydrogen (secondary N) is 1. The number of aryl methyl sites for hydroxylation is 1. The summed E-state index contributed by atoms with van der Waals surface area (Å²) in [7, 11) is 0. The number of nitro groups is 1. The lowest BCUT2D eigenvalue weighted by atomic mass is 10.1. The van der Waals surface area contributed by atoms with Crippen molar-refractivity contribution in [3.8, 4) is 0 Å². The first-order chi connectivity index (χ1) is 14.9. The maximum Gasteiger partial charge on any atom is 0.291 e. The molecule has 0 atom stereocenters. The summed E-state index contributed by atoms with van der Waals surface area (Å²) in [6.07, 6.45) is 2.46. The number of nitrogens with zero attached hydrogens (tertiary/aromatic N) is 4. The molecule has 4 rings (SSSR count). The molecule has 31 heavy (non-hydrogen) atoms. The van der Waals surface area contributed by atoms with Crippen LogP contribution in [0.3, 0.4) is 0 Å². The standard InChI is InChI=1S/C22H21N5O4/c1-3-11-25-19-9-5-4-7-15(19)16-12-23-26(22(29)21(16)25)13-20(28)24-17-8-6-10-18(14(17)2)27(30)31/h4-10,12H,3,11,13H2,1-2H3,(H,24,28). The topological polar surface area (TPSA) is 112 Å². The van der Waals surface area contributed by atoms with Crippen LogP contribution in [0.4, 0.5) is 11.4 Å². The van der Waals surface area contributed by atoms with Crippen LogP contribution in [-0.4, -0.2) is 25.2 Å². The second-order valence-corrected chi connectivity index (χ2v) is 7.29. The Labute approximate surface area is 177 Å². The van der Waals surface area contributed by atoms with Crippen LogP contribution in [0, 0.1) is 17.0 Å². The second-order valence-electron chi connectivity index (χ2n) is 7.29. The smallest absolute Gasteiger partial charge is 0.291 e. The number of amides is 1. The summed E-state index contributed by atoms with van der Waals surface area (Å²) in [5.41, 5.74) is 1.70. The molecule has 1 N–H and O–H groups in total. The molecule has 0 aliphatic heterocycles. The van der Waals surface area contributed by atoms with Crippen molar-refractivity contribution >= 4 is 39.1 Å². The number of carbonyl (C=O) groups excluding carboxylic acids is 1. The van der Waals surface area contributed by atoms with Gasteiger partial charge >= 0.3 is 0 Å². The number of fused-ring (bicyclic) bond motifs is 3. The molecule has 2 aromatic heterocycles. The molecule has 4 aromatic rings. The summed E-state index contributed by atoms with van der Waals surface area (Å²) in [4.78, 5) is 36.4. The largest absolute Gasteiger partial charge is 0.336 e. The van der Waals surface area contributed by atoms with E-state index >= 15 is 0 Å². The fourth-order valence-corrected chi connectivity index (χ4v) is 3.84. The van der Waals surface area contributed by atoms with Crippen LogP contribution < -0.4 is 10.9 Å². The van der Waals surface area contributed by atoms with E-state index in [4.69, 9.17) is 0 Å². The molecule has 1 amide bonds. The van der Waals surface area contributed by atoms with E-state index in [9.17, 15) is 19.7 Å². The van der Waals surface area contributed by atoms with E-state index < -0.39 is 10.8 Å². The van der Waals surface area contributed by atoms with Crippen LogP contribution in [0.1, 0.15) is 18.9 Å². The highest BCUT2D eigenvalue weighted by Crippen LogP contribution is 2.27. The van der Waals surface area contributed by atoms with E-state index in [1.807, 2.05) is 35.8 Å². The van der Waals surface area contributed by atoms with Gasteiger partial charge in [-0.2, -0.15) is 5.10 Å². The summed E-state index contributed by atoms with van der Waals surface area (Å²) >= 11 is 0. The summed E-state index contributed by atoms with van der Waals surface area (Å²) in [5.74, 6) is -0.490. The van der Waals surface area contributed by atoms with E-state index in [0.29, 0.717) is 23.3 Å². The molecule has 9 nitrogen and oxygen atoms in total. The number of rotatable bonds is 6. The zero-order chi connectivity index (χ0) is 22.1. The first kappa shape index (κ1) is 20.3. The zero-order valence-electron chi connectivity index (χ0n) is 17.2. The highest BCUT2D eigenvalue weighted by molar-refractivity contribution is 6.07. The molecule has 0 aliphatic rings. The van der Waals surface area contributed by atoms with Gasteiger partial charge in [0.25, 0.3) is 11.2 Å². The third-order valence-corrected chi connectivity index (χ3v) is 5.29. The number of aromatic nitrogens is 3. The number of para-hydroxylation sites is 1. The van der Waals surface area contributed by atoms with Gasteiger partial charge < -0.3 is 9.88 Å². The van der Waals surface area contributed by atoms with E-state index in [1.165, 1.54) is 12.1 Å². The third-order valence-electron chi connectivity index (χ3n) is 5.29. The van der Waals surface area contributed by atoms with Gasteiger partial charge in [0, 0.05) is 28.9 Å². The fourth-order valence-electron chi connectivity index (χ4n) is 3.84. The Bertz CT molecular complexity index is 1390. The van der Waals surface area contributed by atoms with Gasteiger partial charge in [-0.25, -0.2) is 4.68 Å². The van der Waals surface area contributed by atoms with Crippen molar-refractivity contribution < 1.29 is 9.72 Å². The van der Waals surface area contributed by atoms with Gasteiger partial charge in [-0.1, -0.05) is 31.2 Å². The number of hydrogen-bond acceptors (Lipinski definition) is 5. The van der Waals surface area contributed by atoms with Gasteiger partial charge in [0.15, 0.2) is 0 Å². The Hall–Kier alpha value is -4.01. The van der Waals surface area contributed by atoms with Crippen LogP contribution in [0.5, 0.6) is 0 Å². The fraction of sp³-hybridized carbons (Fsp3) is 0.227. The van der Waals surface area contributed by atoms with E-state index in [0.717, 1.165) is 27.4 Å².